The smallest absolute Gasteiger partial charge is 0.266 e. The second-order valence-electron chi connectivity index (χ2n) is 8.55. The number of thioether (sulfide) groups is 1. The van der Waals surface area contributed by atoms with Crippen LogP contribution in [0.5, 0.6) is 5.75 Å². The summed E-state index contributed by atoms with van der Waals surface area (Å²) in [5.74, 6) is 0.187. The molecule has 9 heteroatoms. The molecule has 2 aliphatic rings. The molecule has 0 aromatic heterocycles. The largest absolute Gasteiger partial charge is 0.488 e. The minimum absolute atomic E-state index is 0.107. The maximum Gasteiger partial charge on any atom is 0.266 e. The summed E-state index contributed by atoms with van der Waals surface area (Å²) in [6.07, 6.45) is 1.83. The first kappa shape index (κ1) is 25.5. The van der Waals surface area contributed by atoms with Gasteiger partial charge in [-0.05, 0) is 81.8 Å². The first-order chi connectivity index (χ1) is 18.0. The zero-order valence-corrected chi connectivity index (χ0v) is 22.6. The standard InChI is InChI=1S/C28H25BrFN3O3S/c1-32-27(34)26(37-28(32)31-21-7-9-22(10-8-21)33-12-14-35-15-13-33)17-19-6-11-25(23(29)16-19)36-18-20-4-2-3-5-24(20)30/h2-11,16-17H,12-15,18H2,1H3/b26-17-,31-28?. The number of benzene rings is 3. The highest BCUT2D eigenvalue weighted by molar-refractivity contribution is 9.10. The summed E-state index contributed by atoms with van der Waals surface area (Å²) in [7, 11) is 1.73. The number of nitrogens with zero attached hydrogens (tertiary/aromatic N) is 3. The average molecular weight is 582 g/mol. The van der Waals surface area contributed by atoms with Gasteiger partial charge in [-0.25, -0.2) is 9.38 Å². The number of amidine groups is 1. The summed E-state index contributed by atoms with van der Waals surface area (Å²) in [5.41, 5.74) is 3.26. The van der Waals surface area contributed by atoms with Crippen LogP contribution < -0.4 is 9.64 Å². The van der Waals surface area contributed by atoms with Crippen molar-refractivity contribution in [3.8, 4) is 5.75 Å². The molecule has 3 aromatic carbocycles. The monoisotopic (exact) mass is 581 g/mol. The molecular weight excluding hydrogens is 557 g/mol. The van der Waals surface area contributed by atoms with E-state index in [4.69, 9.17) is 14.5 Å². The van der Waals surface area contributed by atoms with Crippen LogP contribution in [0.3, 0.4) is 0 Å². The predicted molar refractivity (Wildman–Crippen MR) is 150 cm³/mol. The molecule has 0 saturated carbocycles. The molecule has 2 aliphatic heterocycles. The van der Waals surface area contributed by atoms with E-state index in [1.54, 1.807) is 36.2 Å². The Balaban J connectivity index is 1.27. The molecular formula is C28H25BrFN3O3S. The topological polar surface area (TPSA) is 54.4 Å². The highest BCUT2D eigenvalue weighted by atomic mass is 79.9. The molecule has 0 N–H and O–H groups in total. The third-order valence-corrected chi connectivity index (χ3v) is 7.73. The van der Waals surface area contributed by atoms with Crippen LogP contribution in [0.2, 0.25) is 0 Å². The molecule has 2 heterocycles. The maximum atomic E-state index is 13.9. The number of hydrogen-bond donors (Lipinski definition) is 0. The molecule has 190 valence electrons. The van der Waals surface area contributed by atoms with Crippen molar-refractivity contribution >= 4 is 56.2 Å². The molecule has 6 nitrogen and oxygen atoms in total. The Bertz CT molecular complexity index is 1360. The van der Waals surface area contributed by atoms with Gasteiger partial charge >= 0.3 is 0 Å². The lowest BCUT2D eigenvalue weighted by Gasteiger charge is -2.28. The zero-order chi connectivity index (χ0) is 25.8. The lowest BCUT2D eigenvalue weighted by atomic mass is 10.2. The summed E-state index contributed by atoms with van der Waals surface area (Å²) < 4.78 is 25.8. The Kier molecular flexibility index (Phi) is 7.93. The van der Waals surface area contributed by atoms with Gasteiger partial charge in [0.15, 0.2) is 5.17 Å². The molecule has 2 fully saturated rings. The van der Waals surface area contributed by atoms with E-state index in [9.17, 15) is 9.18 Å². The molecule has 0 unspecified atom stereocenters. The van der Waals surface area contributed by atoms with Crippen LogP contribution in [0.4, 0.5) is 15.8 Å². The minimum Gasteiger partial charge on any atom is -0.488 e. The number of ether oxygens (including phenoxy) is 2. The van der Waals surface area contributed by atoms with Gasteiger partial charge in [0.05, 0.1) is 28.3 Å². The van der Waals surface area contributed by atoms with Crippen LogP contribution in [0.15, 0.2) is 81.1 Å². The second kappa shape index (κ2) is 11.5. The van der Waals surface area contributed by atoms with Gasteiger partial charge in [0.2, 0.25) is 0 Å². The molecule has 0 spiro atoms. The van der Waals surface area contributed by atoms with Crippen molar-refractivity contribution in [2.24, 2.45) is 4.99 Å². The zero-order valence-electron chi connectivity index (χ0n) is 20.2. The molecule has 3 aromatic rings. The fourth-order valence-corrected chi connectivity index (χ4v) is 5.47. The van der Waals surface area contributed by atoms with E-state index in [-0.39, 0.29) is 18.3 Å². The Morgan fingerprint density at radius 2 is 1.86 bits per heavy atom. The molecule has 0 radical (unpaired) electrons. The SMILES string of the molecule is CN1C(=O)/C(=C/c2ccc(OCc3ccccc3F)c(Br)c2)SC1=Nc1ccc(N2CCOCC2)cc1. The van der Waals surface area contributed by atoms with Crippen molar-refractivity contribution in [1.82, 2.24) is 4.90 Å². The van der Waals surface area contributed by atoms with Gasteiger partial charge in [-0.2, -0.15) is 0 Å². The van der Waals surface area contributed by atoms with E-state index in [0.29, 0.717) is 21.4 Å². The number of likely N-dealkylation sites (N-methyl/N-ethyl adjacent to an activating group) is 1. The molecule has 0 bridgehead atoms. The maximum absolute atomic E-state index is 13.9. The highest BCUT2D eigenvalue weighted by Gasteiger charge is 2.30. The van der Waals surface area contributed by atoms with Crippen molar-refractivity contribution in [3.63, 3.8) is 0 Å². The van der Waals surface area contributed by atoms with Gasteiger partial charge in [-0.3, -0.25) is 9.69 Å². The van der Waals surface area contributed by atoms with Crippen molar-refractivity contribution in [1.29, 1.82) is 0 Å². The molecule has 37 heavy (non-hydrogen) atoms. The van der Waals surface area contributed by atoms with Crippen LogP contribution in [0, 0.1) is 5.82 Å². The molecule has 2 saturated heterocycles. The predicted octanol–water partition coefficient (Wildman–Crippen LogP) is 6.24. The number of carbonyl (C=O) groups is 1. The summed E-state index contributed by atoms with van der Waals surface area (Å²) >= 11 is 4.86. The van der Waals surface area contributed by atoms with Gasteiger partial charge < -0.3 is 14.4 Å². The van der Waals surface area contributed by atoms with Gasteiger partial charge in [0.1, 0.15) is 18.2 Å². The Hall–Kier alpha value is -3.14. The van der Waals surface area contributed by atoms with Crippen LogP contribution in [-0.4, -0.2) is 49.3 Å². The van der Waals surface area contributed by atoms with Crippen LogP contribution in [0.25, 0.3) is 6.08 Å². The number of amides is 1. The van der Waals surface area contributed by atoms with Crippen molar-refractivity contribution in [2.75, 3.05) is 38.3 Å². The summed E-state index contributed by atoms with van der Waals surface area (Å²) in [6, 6.07) is 20.1. The van der Waals surface area contributed by atoms with E-state index in [1.165, 1.54) is 17.8 Å². The lowest BCUT2D eigenvalue weighted by Crippen LogP contribution is -2.36. The first-order valence-electron chi connectivity index (χ1n) is 11.8. The third kappa shape index (κ3) is 6.06. The van der Waals surface area contributed by atoms with Crippen LogP contribution in [-0.2, 0) is 16.1 Å². The van der Waals surface area contributed by atoms with Crippen molar-refractivity contribution in [2.45, 2.75) is 6.61 Å². The molecule has 0 aliphatic carbocycles. The molecule has 5 rings (SSSR count). The summed E-state index contributed by atoms with van der Waals surface area (Å²) in [4.78, 5) is 22.0. The Morgan fingerprint density at radius 1 is 1.11 bits per heavy atom. The number of morpholine rings is 1. The second-order valence-corrected chi connectivity index (χ2v) is 10.4. The quantitative estimate of drug-likeness (QED) is 0.323. The third-order valence-electron chi connectivity index (χ3n) is 6.05. The normalized spacial score (nSPS) is 18.2. The van der Waals surface area contributed by atoms with E-state index in [0.717, 1.165) is 47.7 Å². The number of hydrogen-bond acceptors (Lipinski definition) is 6. The number of rotatable bonds is 6. The molecule has 0 atom stereocenters. The molecule has 1 amide bonds. The van der Waals surface area contributed by atoms with E-state index >= 15 is 0 Å². The lowest BCUT2D eigenvalue weighted by molar-refractivity contribution is -0.121. The summed E-state index contributed by atoms with van der Waals surface area (Å²) in [5, 5.41) is 0.624. The highest BCUT2D eigenvalue weighted by Crippen LogP contribution is 2.35. The number of anilines is 1. The van der Waals surface area contributed by atoms with Gasteiger partial charge in [-0.1, -0.05) is 24.3 Å². The fraction of sp³-hybridized carbons (Fsp3) is 0.214. The minimum atomic E-state index is -0.300. The van der Waals surface area contributed by atoms with Crippen LogP contribution in [0.1, 0.15) is 11.1 Å². The van der Waals surface area contributed by atoms with Crippen molar-refractivity contribution < 1.29 is 18.7 Å². The van der Waals surface area contributed by atoms with E-state index in [1.807, 2.05) is 30.3 Å². The van der Waals surface area contributed by atoms with Crippen LogP contribution >= 0.6 is 27.7 Å². The number of aliphatic imine (C=N–C) groups is 1. The van der Waals surface area contributed by atoms with Gasteiger partial charge in [-0.15, -0.1) is 0 Å². The van der Waals surface area contributed by atoms with Gasteiger partial charge in [0.25, 0.3) is 5.91 Å². The Morgan fingerprint density at radius 3 is 2.59 bits per heavy atom. The fourth-order valence-electron chi connectivity index (χ4n) is 3.97. The van der Waals surface area contributed by atoms with Crippen molar-refractivity contribution in [3.05, 3.63) is 93.1 Å². The average Bonchev–Trinajstić information content (AvgIpc) is 3.17. The van der Waals surface area contributed by atoms with E-state index < -0.39 is 0 Å². The van der Waals surface area contributed by atoms with E-state index in [2.05, 4.69) is 33.0 Å². The van der Waals surface area contributed by atoms with Gasteiger partial charge in [0, 0.05) is 31.4 Å². The number of carbonyl (C=O) groups excluding carboxylic acids is 1. The summed E-state index contributed by atoms with van der Waals surface area (Å²) in [6.45, 7) is 3.36. The Labute approximate surface area is 227 Å². The first-order valence-corrected chi connectivity index (χ1v) is 13.4. The number of halogens is 2.